The van der Waals surface area contributed by atoms with Crippen molar-refractivity contribution in [3.8, 4) is 0 Å². The van der Waals surface area contributed by atoms with E-state index in [2.05, 4.69) is 22.5 Å². The van der Waals surface area contributed by atoms with Crippen LogP contribution in [-0.2, 0) is 6.54 Å². The number of aromatic nitrogens is 1. The van der Waals surface area contributed by atoms with Gasteiger partial charge in [0.15, 0.2) is 0 Å². The molecule has 2 rings (SSSR count). The van der Waals surface area contributed by atoms with E-state index in [-0.39, 0.29) is 0 Å². The molecule has 1 aliphatic rings. The third-order valence-corrected chi connectivity index (χ3v) is 4.01. The normalized spacial score (nSPS) is 25.9. The summed E-state index contributed by atoms with van der Waals surface area (Å²) in [5.74, 6) is 0. The van der Waals surface area contributed by atoms with Gasteiger partial charge < -0.3 is 10.6 Å². The van der Waals surface area contributed by atoms with Gasteiger partial charge >= 0.3 is 0 Å². The van der Waals surface area contributed by atoms with Crippen molar-refractivity contribution in [3.05, 3.63) is 16.6 Å². The Balaban J connectivity index is 1.77. The fourth-order valence-corrected chi connectivity index (χ4v) is 2.78. The molecule has 1 unspecified atom stereocenters. The van der Waals surface area contributed by atoms with Crippen molar-refractivity contribution < 1.29 is 0 Å². The van der Waals surface area contributed by atoms with Gasteiger partial charge in [-0.05, 0) is 25.8 Å². The monoisotopic (exact) mass is 225 g/mol. The zero-order chi connectivity index (χ0) is 10.6. The van der Waals surface area contributed by atoms with Gasteiger partial charge in [-0.3, -0.25) is 0 Å². The van der Waals surface area contributed by atoms with Crippen molar-refractivity contribution in [1.82, 2.24) is 15.6 Å². The molecular weight excluding hydrogens is 206 g/mol. The minimum atomic E-state index is 0.345. The molecule has 0 spiro atoms. The first-order valence-corrected chi connectivity index (χ1v) is 6.57. The fraction of sp³-hybridized carbons (Fsp3) is 0.727. The molecule has 15 heavy (non-hydrogen) atoms. The molecule has 0 aromatic carbocycles. The van der Waals surface area contributed by atoms with E-state index in [1.54, 1.807) is 11.3 Å². The average Bonchev–Trinajstić information content (AvgIpc) is 2.89. The second kappa shape index (κ2) is 5.05. The second-order valence-corrected chi connectivity index (χ2v) is 5.17. The first-order chi connectivity index (χ1) is 7.35. The molecule has 1 saturated heterocycles. The van der Waals surface area contributed by atoms with Gasteiger partial charge in [0.25, 0.3) is 0 Å². The van der Waals surface area contributed by atoms with Crippen LogP contribution in [0.3, 0.4) is 0 Å². The summed E-state index contributed by atoms with van der Waals surface area (Å²) in [5, 5.41) is 10.3. The van der Waals surface area contributed by atoms with E-state index >= 15 is 0 Å². The average molecular weight is 225 g/mol. The summed E-state index contributed by atoms with van der Waals surface area (Å²) in [6.07, 6.45) is 5.68. The zero-order valence-electron chi connectivity index (χ0n) is 9.25. The Bertz CT molecular complexity index is 278. The molecule has 1 aliphatic heterocycles. The van der Waals surface area contributed by atoms with Gasteiger partial charge in [0.05, 0.1) is 0 Å². The van der Waals surface area contributed by atoms with Gasteiger partial charge in [-0.25, -0.2) is 4.98 Å². The Morgan fingerprint density at radius 3 is 3.20 bits per heavy atom. The number of rotatable bonds is 5. The molecule has 1 aromatic heterocycles. The van der Waals surface area contributed by atoms with E-state index in [1.165, 1.54) is 30.8 Å². The molecule has 3 nitrogen and oxygen atoms in total. The van der Waals surface area contributed by atoms with Crippen LogP contribution >= 0.6 is 11.3 Å². The summed E-state index contributed by atoms with van der Waals surface area (Å²) in [7, 11) is 0. The van der Waals surface area contributed by atoms with E-state index in [0.29, 0.717) is 5.54 Å². The largest absolute Gasteiger partial charge is 0.310 e. The van der Waals surface area contributed by atoms with Crippen molar-refractivity contribution in [2.45, 2.75) is 38.3 Å². The van der Waals surface area contributed by atoms with Crippen LogP contribution in [0, 0.1) is 0 Å². The van der Waals surface area contributed by atoms with E-state index in [4.69, 9.17) is 0 Å². The predicted molar refractivity (Wildman–Crippen MR) is 64.1 cm³/mol. The smallest absolute Gasteiger partial charge is 0.106 e. The second-order valence-electron chi connectivity index (χ2n) is 4.19. The van der Waals surface area contributed by atoms with Crippen LogP contribution in [0.15, 0.2) is 11.6 Å². The lowest BCUT2D eigenvalue weighted by Gasteiger charge is -2.28. The Morgan fingerprint density at radius 1 is 1.67 bits per heavy atom. The van der Waals surface area contributed by atoms with Crippen molar-refractivity contribution in [2.24, 2.45) is 0 Å². The highest BCUT2D eigenvalue weighted by atomic mass is 32.1. The van der Waals surface area contributed by atoms with Crippen LogP contribution in [0.4, 0.5) is 0 Å². The van der Waals surface area contributed by atoms with Gasteiger partial charge in [-0.2, -0.15) is 0 Å². The summed E-state index contributed by atoms with van der Waals surface area (Å²) in [6, 6.07) is 0. The van der Waals surface area contributed by atoms with E-state index in [1.807, 2.05) is 11.6 Å². The van der Waals surface area contributed by atoms with Crippen LogP contribution < -0.4 is 10.6 Å². The molecule has 1 fully saturated rings. The summed E-state index contributed by atoms with van der Waals surface area (Å²) in [4.78, 5) is 4.26. The van der Waals surface area contributed by atoms with Crippen LogP contribution in [0.2, 0.25) is 0 Å². The van der Waals surface area contributed by atoms with Crippen molar-refractivity contribution in [1.29, 1.82) is 0 Å². The van der Waals surface area contributed by atoms with Gasteiger partial charge in [-0.15, -0.1) is 11.3 Å². The van der Waals surface area contributed by atoms with E-state index in [9.17, 15) is 0 Å². The van der Waals surface area contributed by atoms with Gasteiger partial charge in [0, 0.05) is 30.2 Å². The molecule has 4 heteroatoms. The van der Waals surface area contributed by atoms with Crippen molar-refractivity contribution in [3.63, 3.8) is 0 Å². The van der Waals surface area contributed by atoms with Crippen molar-refractivity contribution >= 4 is 11.3 Å². The topological polar surface area (TPSA) is 37.0 Å². The SMILES string of the molecule is CCC1(CNCc2nccs2)CCCN1. The van der Waals surface area contributed by atoms with E-state index in [0.717, 1.165) is 13.1 Å². The van der Waals surface area contributed by atoms with Gasteiger partial charge in [0.1, 0.15) is 5.01 Å². The molecule has 0 saturated carbocycles. The van der Waals surface area contributed by atoms with Crippen LogP contribution in [0.5, 0.6) is 0 Å². The number of hydrogen-bond acceptors (Lipinski definition) is 4. The summed E-state index contributed by atoms with van der Waals surface area (Å²) in [6.45, 7) is 5.40. The fourth-order valence-electron chi connectivity index (χ4n) is 2.20. The van der Waals surface area contributed by atoms with Gasteiger partial charge in [-0.1, -0.05) is 6.92 Å². The molecule has 84 valence electrons. The Kier molecular flexibility index (Phi) is 3.72. The summed E-state index contributed by atoms with van der Waals surface area (Å²) < 4.78 is 0. The molecule has 1 aromatic rings. The molecule has 0 aliphatic carbocycles. The molecule has 0 amide bonds. The maximum absolute atomic E-state index is 4.26. The maximum atomic E-state index is 4.26. The van der Waals surface area contributed by atoms with Crippen molar-refractivity contribution in [2.75, 3.05) is 13.1 Å². The summed E-state index contributed by atoms with van der Waals surface area (Å²) >= 11 is 1.72. The first-order valence-electron chi connectivity index (χ1n) is 5.69. The quantitative estimate of drug-likeness (QED) is 0.802. The number of hydrogen-bond donors (Lipinski definition) is 2. The highest BCUT2D eigenvalue weighted by Crippen LogP contribution is 2.22. The molecule has 1 atom stereocenters. The number of nitrogens with zero attached hydrogens (tertiary/aromatic N) is 1. The molecule has 0 bridgehead atoms. The number of nitrogens with one attached hydrogen (secondary N) is 2. The predicted octanol–water partition coefficient (Wildman–Crippen LogP) is 1.76. The maximum Gasteiger partial charge on any atom is 0.106 e. The Labute approximate surface area is 95.3 Å². The highest BCUT2D eigenvalue weighted by Gasteiger charge is 2.30. The molecule has 2 N–H and O–H groups in total. The molecular formula is C11H19N3S. The molecule has 2 heterocycles. The lowest BCUT2D eigenvalue weighted by atomic mass is 9.94. The lowest BCUT2D eigenvalue weighted by Crippen LogP contribution is -2.47. The van der Waals surface area contributed by atoms with Gasteiger partial charge in [0.2, 0.25) is 0 Å². The zero-order valence-corrected chi connectivity index (χ0v) is 10.1. The van der Waals surface area contributed by atoms with Crippen LogP contribution in [-0.4, -0.2) is 23.6 Å². The standard InChI is InChI=1S/C11H19N3S/c1-2-11(4-3-5-14-11)9-12-8-10-13-6-7-15-10/h6-7,12,14H,2-5,8-9H2,1H3. The minimum Gasteiger partial charge on any atom is -0.310 e. The van der Waals surface area contributed by atoms with Crippen LogP contribution in [0.25, 0.3) is 0 Å². The highest BCUT2D eigenvalue weighted by molar-refractivity contribution is 7.09. The minimum absolute atomic E-state index is 0.345. The van der Waals surface area contributed by atoms with E-state index < -0.39 is 0 Å². The summed E-state index contributed by atoms with van der Waals surface area (Å²) in [5.41, 5.74) is 0.345. The Morgan fingerprint density at radius 2 is 2.60 bits per heavy atom. The lowest BCUT2D eigenvalue weighted by molar-refractivity contribution is 0.340. The Hall–Kier alpha value is -0.450. The van der Waals surface area contributed by atoms with Crippen LogP contribution in [0.1, 0.15) is 31.2 Å². The third kappa shape index (κ3) is 2.77. The molecule has 0 radical (unpaired) electrons. The first kappa shape index (κ1) is 11.0. The number of thiazole rings is 1. The third-order valence-electron chi connectivity index (χ3n) is 3.23.